The van der Waals surface area contributed by atoms with Crippen molar-refractivity contribution in [2.24, 2.45) is 0 Å². The zero-order chi connectivity index (χ0) is 13.2. The van der Waals surface area contributed by atoms with Crippen LogP contribution in [0, 0.1) is 0 Å². The maximum atomic E-state index is 12.4. The smallest absolute Gasteiger partial charge is 0.261 e. The Balaban J connectivity index is 0.00000147. The van der Waals surface area contributed by atoms with E-state index in [-0.39, 0.29) is 30.3 Å². The molecule has 5 heteroatoms. The summed E-state index contributed by atoms with van der Waals surface area (Å²) in [5, 5.41) is 3.24. The first-order valence-corrected chi connectivity index (χ1v) is 6.63. The van der Waals surface area contributed by atoms with Crippen LogP contribution in [-0.2, 0) is 9.59 Å². The van der Waals surface area contributed by atoms with E-state index in [0.717, 1.165) is 24.9 Å². The fourth-order valence-electron chi connectivity index (χ4n) is 2.71. The quantitative estimate of drug-likeness (QED) is 0.843. The number of imide groups is 1. The van der Waals surface area contributed by atoms with E-state index < -0.39 is 0 Å². The van der Waals surface area contributed by atoms with Crippen LogP contribution in [-0.4, -0.2) is 35.8 Å². The van der Waals surface area contributed by atoms with Crippen LogP contribution < -0.4 is 5.32 Å². The molecular weight excluding hydrogens is 276 g/mol. The van der Waals surface area contributed by atoms with Crippen molar-refractivity contribution in [3.63, 3.8) is 0 Å². The van der Waals surface area contributed by atoms with Crippen LogP contribution in [0.5, 0.6) is 0 Å². The van der Waals surface area contributed by atoms with Gasteiger partial charge in [0.25, 0.3) is 11.8 Å². The summed E-state index contributed by atoms with van der Waals surface area (Å²) < 4.78 is 0. The minimum Gasteiger partial charge on any atom is -0.315 e. The van der Waals surface area contributed by atoms with E-state index in [4.69, 9.17) is 0 Å². The highest BCUT2D eigenvalue weighted by molar-refractivity contribution is 6.33. The average Bonchev–Trinajstić information content (AvgIpc) is 2.76. The lowest BCUT2D eigenvalue weighted by atomic mass is 10.0. The summed E-state index contributed by atoms with van der Waals surface area (Å²) in [5.74, 6) is -0.345. The van der Waals surface area contributed by atoms with Crippen molar-refractivity contribution in [3.8, 4) is 0 Å². The second-order valence-electron chi connectivity index (χ2n) is 4.94. The molecule has 4 nitrogen and oxygen atoms in total. The second kappa shape index (κ2) is 6.20. The van der Waals surface area contributed by atoms with Crippen LogP contribution in [0.15, 0.2) is 36.4 Å². The summed E-state index contributed by atoms with van der Waals surface area (Å²) in [5.41, 5.74) is 1.32. The number of carbonyl (C=O) groups excluding carboxylic acids is 2. The first-order valence-electron chi connectivity index (χ1n) is 6.63. The SMILES string of the molecule is Cl.O=C1C=C(c2ccccc2)C(=O)N1[C@H]1CCCNC1. The molecule has 0 bridgehead atoms. The molecule has 0 spiro atoms. The first-order chi connectivity index (χ1) is 9.27. The van der Waals surface area contributed by atoms with Gasteiger partial charge in [-0.2, -0.15) is 0 Å². The largest absolute Gasteiger partial charge is 0.315 e. The molecule has 106 valence electrons. The van der Waals surface area contributed by atoms with Crippen molar-refractivity contribution in [1.82, 2.24) is 10.2 Å². The van der Waals surface area contributed by atoms with Crippen LogP contribution in [0.4, 0.5) is 0 Å². The van der Waals surface area contributed by atoms with Gasteiger partial charge in [-0.15, -0.1) is 12.4 Å². The number of amides is 2. The van der Waals surface area contributed by atoms with Crippen molar-refractivity contribution in [3.05, 3.63) is 42.0 Å². The Hall–Kier alpha value is -1.65. The molecule has 0 saturated carbocycles. The molecule has 0 unspecified atom stereocenters. The molecule has 20 heavy (non-hydrogen) atoms. The fraction of sp³-hybridized carbons (Fsp3) is 0.333. The van der Waals surface area contributed by atoms with Crippen LogP contribution in [0.3, 0.4) is 0 Å². The average molecular weight is 293 g/mol. The van der Waals surface area contributed by atoms with Gasteiger partial charge in [0.1, 0.15) is 0 Å². The number of nitrogens with one attached hydrogen (secondary N) is 1. The molecule has 2 heterocycles. The third-order valence-electron chi connectivity index (χ3n) is 3.68. The number of carbonyl (C=O) groups is 2. The molecule has 2 aliphatic rings. The molecule has 1 aromatic carbocycles. The van der Waals surface area contributed by atoms with Gasteiger partial charge in [0.15, 0.2) is 0 Å². The van der Waals surface area contributed by atoms with Crippen molar-refractivity contribution in [2.45, 2.75) is 18.9 Å². The lowest BCUT2D eigenvalue weighted by Crippen LogP contribution is -2.48. The molecule has 1 atom stereocenters. The summed E-state index contributed by atoms with van der Waals surface area (Å²) in [6.45, 7) is 1.67. The molecule has 0 aliphatic carbocycles. The summed E-state index contributed by atoms with van der Waals surface area (Å²) in [6.07, 6.45) is 3.36. The summed E-state index contributed by atoms with van der Waals surface area (Å²) in [6, 6.07) is 9.36. The maximum absolute atomic E-state index is 12.4. The topological polar surface area (TPSA) is 49.4 Å². The fourth-order valence-corrected chi connectivity index (χ4v) is 2.71. The zero-order valence-corrected chi connectivity index (χ0v) is 11.9. The lowest BCUT2D eigenvalue weighted by molar-refractivity contribution is -0.139. The molecule has 2 aliphatic heterocycles. The van der Waals surface area contributed by atoms with Crippen LogP contribution in [0.1, 0.15) is 18.4 Å². The Kier molecular flexibility index (Phi) is 4.57. The minimum absolute atomic E-state index is 0. The van der Waals surface area contributed by atoms with Gasteiger partial charge in [0.2, 0.25) is 0 Å². The lowest BCUT2D eigenvalue weighted by Gasteiger charge is -2.30. The van der Waals surface area contributed by atoms with Gasteiger partial charge in [-0.05, 0) is 24.9 Å². The van der Waals surface area contributed by atoms with E-state index in [2.05, 4.69) is 5.32 Å². The number of rotatable bonds is 2. The number of halogens is 1. The summed E-state index contributed by atoms with van der Waals surface area (Å²) in [7, 11) is 0. The number of benzene rings is 1. The van der Waals surface area contributed by atoms with Crippen molar-refractivity contribution in [1.29, 1.82) is 0 Å². The molecule has 2 amide bonds. The van der Waals surface area contributed by atoms with Crippen LogP contribution in [0.25, 0.3) is 5.57 Å². The van der Waals surface area contributed by atoms with Gasteiger partial charge in [-0.25, -0.2) is 0 Å². The molecule has 1 fully saturated rings. The van der Waals surface area contributed by atoms with E-state index in [1.54, 1.807) is 0 Å². The molecule has 1 N–H and O–H groups in total. The predicted octanol–water partition coefficient (Wildman–Crippen LogP) is 1.61. The van der Waals surface area contributed by atoms with Crippen molar-refractivity contribution < 1.29 is 9.59 Å². The zero-order valence-electron chi connectivity index (χ0n) is 11.0. The first kappa shape index (κ1) is 14.8. The Morgan fingerprint density at radius 3 is 2.55 bits per heavy atom. The Labute approximate surface area is 124 Å². The van der Waals surface area contributed by atoms with Crippen LogP contribution in [0.2, 0.25) is 0 Å². The van der Waals surface area contributed by atoms with Gasteiger partial charge < -0.3 is 5.32 Å². The van der Waals surface area contributed by atoms with Gasteiger partial charge in [-0.3, -0.25) is 14.5 Å². The van der Waals surface area contributed by atoms with E-state index in [1.807, 2.05) is 30.3 Å². The number of hydrogen-bond acceptors (Lipinski definition) is 3. The summed E-state index contributed by atoms with van der Waals surface area (Å²) >= 11 is 0. The number of nitrogens with zero attached hydrogens (tertiary/aromatic N) is 1. The van der Waals surface area contributed by atoms with E-state index in [9.17, 15) is 9.59 Å². The van der Waals surface area contributed by atoms with Gasteiger partial charge in [-0.1, -0.05) is 30.3 Å². The second-order valence-corrected chi connectivity index (χ2v) is 4.94. The molecule has 3 rings (SSSR count). The van der Waals surface area contributed by atoms with Crippen molar-refractivity contribution >= 4 is 29.8 Å². The summed E-state index contributed by atoms with van der Waals surface area (Å²) in [4.78, 5) is 25.9. The molecule has 1 aromatic rings. The molecular formula is C15H17ClN2O2. The Morgan fingerprint density at radius 1 is 1.15 bits per heavy atom. The third-order valence-corrected chi connectivity index (χ3v) is 3.68. The van der Waals surface area contributed by atoms with Crippen molar-refractivity contribution in [2.75, 3.05) is 13.1 Å². The van der Waals surface area contributed by atoms with E-state index in [0.29, 0.717) is 12.1 Å². The van der Waals surface area contributed by atoms with Gasteiger partial charge >= 0.3 is 0 Å². The molecule has 0 aromatic heterocycles. The monoisotopic (exact) mass is 292 g/mol. The predicted molar refractivity (Wildman–Crippen MR) is 79.4 cm³/mol. The van der Waals surface area contributed by atoms with E-state index in [1.165, 1.54) is 11.0 Å². The Morgan fingerprint density at radius 2 is 1.90 bits per heavy atom. The van der Waals surface area contributed by atoms with Crippen LogP contribution >= 0.6 is 12.4 Å². The van der Waals surface area contributed by atoms with Gasteiger partial charge in [0.05, 0.1) is 11.6 Å². The maximum Gasteiger partial charge on any atom is 0.261 e. The van der Waals surface area contributed by atoms with Gasteiger partial charge in [0, 0.05) is 12.6 Å². The molecule has 1 saturated heterocycles. The standard InChI is InChI=1S/C15H16N2O2.ClH/c18-14-9-13(11-5-2-1-3-6-11)15(19)17(14)12-7-4-8-16-10-12;/h1-3,5-6,9,12,16H,4,7-8,10H2;1H/t12-;/m0./s1. The highest BCUT2D eigenvalue weighted by Crippen LogP contribution is 2.26. The Bertz CT molecular complexity index is 536. The highest BCUT2D eigenvalue weighted by atomic mass is 35.5. The van der Waals surface area contributed by atoms with E-state index >= 15 is 0 Å². The molecule has 0 radical (unpaired) electrons. The number of hydrogen-bond donors (Lipinski definition) is 1. The third kappa shape index (κ3) is 2.62. The highest BCUT2D eigenvalue weighted by Gasteiger charge is 2.37. The normalized spacial score (nSPS) is 22.5. The minimum atomic E-state index is -0.183. The number of piperidine rings is 1.